The fraction of sp³-hybridized carbons (Fsp3) is 1.00. The van der Waals surface area contributed by atoms with Crippen LogP contribution in [0.2, 0.25) is 9.44 Å². The Morgan fingerprint density at radius 3 is 2.50 bits per heavy atom. The zero-order chi connectivity index (χ0) is 4.83. The molecule has 0 fully saturated rings. The van der Waals surface area contributed by atoms with Gasteiger partial charge in [-0.1, -0.05) is 0 Å². The van der Waals surface area contributed by atoms with Crippen molar-refractivity contribution in [2.24, 2.45) is 0 Å². The first kappa shape index (κ1) is 7.08. The minimum absolute atomic E-state index is 0.379. The third-order valence-corrected chi connectivity index (χ3v) is 2.74. The second kappa shape index (κ2) is 6.08. The molecule has 0 aliphatic carbocycles. The molecule has 0 bridgehead atoms. The molecule has 0 heterocycles. The molecule has 0 saturated carbocycles. The third-order valence-electron chi connectivity index (χ3n) is 0.482. The summed E-state index contributed by atoms with van der Waals surface area (Å²) in [4.78, 5) is 2.30. The van der Waals surface area contributed by atoms with Crippen molar-refractivity contribution in [2.75, 3.05) is 5.88 Å². The molecule has 0 spiro atoms. The molecule has 0 radical (unpaired) electrons. The maximum atomic E-state index is 5.40. The SMILES string of the molecule is C[Te]CCCCl. The van der Waals surface area contributed by atoms with Crippen molar-refractivity contribution in [3.8, 4) is 0 Å². The van der Waals surface area contributed by atoms with Gasteiger partial charge in [0.1, 0.15) is 0 Å². The molecule has 0 amide bonds. The molecule has 0 unspecified atom stereocenters. The molecule has 6 heavy (non-hydrogen) atoms. The van der Waals surface area contributed by atoms with Gasteiger partial charge >= 0.3 is 54.3 Å². The summed E-state index contributed by atoms with van der Waals surface area (Å²) in [6.45, 7) is 0. The van der Waals surface area contributed by atoms with E-state index in [0.29, 0.717) is 20.9 Å². The molecule has 0 atom stereocenters. The topological polar surface area (TPSA) is 0 Å². The molecule has 0 N–H and O–H groups in total. The van der Waals surface area contributed by atoms with Crippen LogP contribution in [0.1, 0.15) is 6.42 Å². The van der Waals surface area contributed by atoms with E-state index in [9.17, 15) is 0 Å². The second-order valence-corrected chi connectivity index (χ2v) is 4.23. The summed E-state index contributed by atoms with van der Waals surface area (Å²) < 4.78 is 1.41. The van der Waals surface area contributed by atoms with E-state index in [4.69, 9.17) is 11.6 Å². The van der Waals surface area contributed by atoms with Crippen molar-refractivity contribution in [1.29, 1.82) is 0 Å². The Bertz CT molecular complexity index is 19.5. The van der Waals surface area contributed by atoms with Gasteiger partial charge in [0.25, 0.3) is 0 Å². The predicted molar refractivity (Wildman–Crippen MR) is 31.8 cm³/mol. The van der Waals surface area contributed by atoms with Crippen LogP contribution in [0.4, 0.5) is 0 Å². The monoisotopic (exact) mass is 222 g/mol. The molecule has 0 aliphatic rings. The van der Waals surface area contributed by atoms with Gasteiger partial charge in [-0.05, 0) is 0 Å². The number of halogens is 1. The number of alkyl halides is 1. The van der Waals surface area contributed by atoms with Crippen LogP contribution < -0.4 is 0 Å². The van der Waals surface area contributed by atoms with Crippen molar-refractivity contribution in [3.05, 3.63) is 0 Å². The van der Waals surface area contributed by atoms with Crippen molar-refractivity contribution in [2.45, 2.75) is 15.9 Å². The molecule has 0 aromatic carbocycles. The van der Waals surface area contributed by atoms with Crippen molar-refractivity contribution in [3.63, 3.8) is 0 Å². The Morgan fingerprint density at radius 1 is 1.67 bits per heavy atom. The fourth-order valence-electron chi connectivity index (χ4n) is 0.199. The first-order valence-corrected chi connectivity index (χ1v) is 6.48. The van der Waals surface area contributed by atoms with Crippen molar-refractivity contribution in [1.82, 2.24) is 0 Å². The predicted octanol–water partition coefficient (Wildman–Crippen LogP) is 1.79. The van der Waals surface area contributed by atoms with Crippen LogP contribution in [-0.4, -0.2) is 26.8 Å². The molecule has 0 aliphatic heterocycles. The second-order valence-electron chi connectivity index (χ2n) is 1.04. The van der Waals surface area contributed by atoms with Gasteiger partial charge in [-0.15, -0.1) is 0 Å². The van der Waals surface area contributed by atoms with E-state index in [2.05, 4.69) is 4.97 Å². The summed E-state index contributed by atoms with van der Waals surface area (Å²) in [7, 11) is 0. The van der Waals surface area contributed by atoms with Crippen LogP contribution in [0.5, 0.6) is 0 Å². The maximum absolute atomic E-state index is 5.40. The van der Waals surface area contributed by atoms with Crippen LogP contribution in [0.25, 0.3) is 0 Å². The molecular formula is C4H9ClTe. The van der Waals surface area contributed by atoms with E-state index in [1.807, 2.05) is 0 Å². The van der Waals surface area contributed by atoms with E-state index in [1.165, 1.54) is 10.9 Å². The van der Waals surface area contributed by atoms with Gasteiger partial charge in [-0.25, -0.2) is 0 Å². The summed E-state index contributed by atoms with van der Waals surface area (Å²) in [5.74, 6) is 0.860. The molecule has 0 nitrogen and oxygen atoms in total. The average Bonchev–Trinajstić information content (AvgIpc) is 1.61. The summed E-state index contributed by atoms with van der Waals surface area (Å²) in [5.41, 5.74) is 0. The average molecular weight is 220 g/mol. The summed E-state index contributed by atoms with van der Waals surface area (Å²) in [6.07, 6.45) is 1.24. The first-order valence-electron chi connectivity index (χ1n) is 1.96. The van der Waals surface area contributed by atoms with Gasteiger partial charge in [0.2, 0.25) is 0 Å². The summed E-state index contributed by atoms with van der Waals surface area (Å²) in [6, 6.07) is 0. The Labute approximate surface area is 54.3 Å². The fourth-order valence-corrected chi connectivity index (χ4v) is 2.07. The van der Waals surface area contributed by atoms with Crippen molar-refractivity contribution < 1.29 is 0 Å². The molecule has 0 saturated heterocycles. The summed E-state index contributed by atoms with van der Waals surface area (Å²) in [5, 5.41) is 0. The molecule has 2 heteroatoms. The van der Waals surface area contributed by atoms with E-state index in [1.54, 1.807) is 0 Å². The number of rotatable bonds is 3. The molecule has 38 valence electrons. The Balaban J connectivity index is 2.34. The van der Waals surface area contributed by atoms with Crippen molar-refractivity contribution >= 4 is 32.5 Å². The standard InChI is InChI=1S/C4H9ClTe/c1-6-4-2-3-5/h2-4H2,1H3. The van der Waals surface area contributed by atoms with E-state index in [0.717, 1.165) is 5.88 Å². The molecular weight excluding hydrogens is 211 g/mol. The van der Waals surface area contributed by atoms with Gasteiger partial charge in [-0.3, -0.25) is 0 Å². The van der Waals surface area contributed by atoms with Crippen LogP contribution in [0.15, 0.2) is 0 Å². The van der Waals surface area contributed by atoms with Gasteiger partial charge in [0.05, 0.1) is 0 Å². The van der Waals surface area contributed by atoms with Gasteiger partial charge in [0.15, 0.2) is 0 Å². The van der Waals surface area contributed by atoms with E-state index >= 15 is 0 Å². The quantitative estimate of drug-likeness (QED) is 0.386. The zero-order valence-electron chi connectivity index (χ0n) is 3.91. The Morgan fingerprint density at radius 2 is 2.33 bits per heavy atom. The van der Waals surface area contributed by atoms with E-state index < -0.39 is 0 Å². The molecule has 0 rings (SSSR count). The number of hydrogen-bond acceptors (Lipinski definition) is 0. The van der Waals surface area contributed by atoms with Crippen LogP contribution in [-0.2, 0) is 0 Å². The Kier molecular flexibility index (Phi) is 7.17. The van der Waals surface area contributed by atoms with Crippen LogP contribution in [0, 0.1) is 0 Å². The minimum atomic E-state index is 0.379. The zero-order valence-corrected chi connectivity index (χ0v) is 6.99. The van der Waals surface area contributed by atoms with E-state index in [-0.39, 0.29) is 0 Å². The normalized spacial score (nSPS) is 9.00. The van der Waals surface area contributed by atoms with Gasteiger partial charge in [0, 0.05) is 0 Å². The van der Waals surface area contributed by atoms with Crippen LogP contribution in [0.3, 0.4) is 0 Å². The molecule has 0 aromatic rings. The van der Waals surface area contributed by atoms with Crippen LogP contribution >= 0.6 is 11.6 Å². The third kappa shape index (κ3) is 5.08. The first-order chi connectivity index (χ1) is 2.91. The molecule has 0 aromatic heterocycles. The summed E-state index contributed by atoms with van der Waals surface area (Å²) >= 11 is 5.78. The Hall–Kier alpha value is 1.08. The van der Waals surface area contributed by atoms with Gasteiger partial charge < -0.3 is 0 Å². The van der Waals surface area contributed by atoms with Gasteiger partial charge in [-0.2, -0.15) is 0 Å². The number of hydrogen-bond donors (Lipinski definition) is 0.